The molecule has 110 valence electrons. The van der Waals surface area contributed by atoms with Gasteiger partial charge in [0.1, 0.15) is 0 Å². The van der Waals surface area contributed by atoms with E-state index < -0.39 is 0 Å². The van der Waals surface area contributed by atoms with Crippen LogP contribution in [-0.4, -0.2) is 74.3 Å². The number of nitrogens with one attached hydrogen (secondary N) is 2. The van der Waals surface area contributed by atoms with Crippen LogP contribution in [0.3, 0.4) is 0 Å². The molecule has 2 rings (SSSR count). The smallest absolute Gasteiger partial charge is 0.221 e. The summed E-state index contributed by atoms with van der Waals surface area (Å²) in [6.07, 6.45) is 1.73. The molecular weight excluding hydrogens is 262 g/mol. The topological polar surface area (TPSA) is 53.6 Å². The van der Waals surface area contributed by atoms with Crippen molar-refractivity contribution < 1.29 is 9.53 Å². The molecule has 0 radical (unpaired) electrons. The Morgan fingerprint density at radius 2 is 2.21 bits per heavy atom. The molecule has 2 saturated heterocycles. The lowest BCUT2D eigenvalue weighted by atomic mass is 9.95. The molecule has 0 aliphatic carbocycles. The Bertz CT molecular complexity index is 290. The van der Waals surface area contributed by atoms with Gasteiger partial charge >= 0.3 is 0 Å². The Morgan fingerprint density at radius 3 is 2.84 bits per heavy atom. The van der Waals surface area contributed by atoms with Crippen LogP contribution >= 0.6 is 11.8 Å². The maximum Gasteiger partial charge on any atom is 0.221 e. The molecule has 0 aromatic rings. The number of carbonyl (C=O) groups is 1. The van der Waals surface area contributed by atoms with Crippen LogP contribution < -0.4 is 10.6 Å². The van der Waals surface area contributed by atoms with E-state index in [1.54, 1.807) is 0 Å². The number of ether oxygens (including phenoxy) is 1. The van der Waals surface area contributed by atoms with Crippen molar-refractivity contribution in [1.82, 2.24) is 15.5 Å². The summed E-state index contributed by atoms with van der Waals surface area (Å²) < 4.78 is 5.44. The fourth-order valence-electron chi connectivity index (χ4n) is 2.72. The van der Waals surface area contributed by atoms with Crippen molar-refractivity contribution in [3.8, 4) is 0 Å². The van der Waals surface area contributed by atoms with Crippen molar-refractivity contribution in [3.05, 3.63) is 0 Å². The quantitative estimate of drug-likeness (QED) is 0.716. The molecule has 19 heavy (non-hydrogen) atoms. The fraction of sp³-hybridized carbons (Fsp3) is 0.923. The summed E-state index contributed by atoms with van der Waals surface area (Å²) in [5, 5.41) is 6.13. The lowest BCUT2D eigenvalue weighted by Crippen LogP contribution is -2.59. The fourth-order valence-corrected chi connectivity index (χ4v) is 4.20. The third kappa shape index (κ3) is 4.08. The number of hydrogen-bond donors (Lipinski definition) is 2. The second-order valence-corrected chi connectivity index (χ2v) is 6.36. The zero-order chi connectivity index (χ0) is 13.6. The van der Waals surface area contributed by atoms with Crippen molar-refractivity contribution >= 4 is 17.7 Å². The van der Waals surface area contributed by atoms with E-state index in [1.165, 1.54) is 12.2 Å². The molecule has 5 nitrogen and oxygen atoms in total. The molecule has 0 spiro atoms. The number of amides is 1. The van der Waals surface area contributed by atoms with E-state index in [9.17, 15) is 4.79 Å². The van der Waals surface area contributed by atoms with Crippen LogP contribution in [0.2, 0.25) is 0 Å². The van der Waals surface area contributed by atoms with Gasteiger partial charge in [-0.05, 0) is 19.2 Å². The van der Waals surface area contributed by atoms with Crippen molar-refractivity contribution in [2.75, 3.05) is 57.9 Å². The van der Waals surface area contributed by atoms with Crippen molar-refractivity contribution in [2.24, 2.45) is 0 Å². The second kappa shape index (κ2) is 7.47. The van der Waals surface area contributed by atoms with Crippen LogP contribution in [-0.2, 0) is 9.53 Å². The number of morpholine rings is 1. The third-order valence-electron chi connectivity index (χ3n) is 3.98. The molecule has 0 saturated carbocycles. The van der Waals surface area contributed by atoms with Crippen molar-refractivity contribution in [3.63, 3.8) is 0 Å². The normalized spacial score (nSPS) is 28.5. The predicted octanol–water partition coefficient (Wildman–Crippen LogP) is -0.0800. The Kier molecular flexibility index (Phi) is 5.94. The van der Waals surface area contributed by atoms with Gasteiger partial charge in [0.25, 0.3) is 0 Å². The van der Waals surface area contributed by atoms with Crippen LogP contribution in [0.15, 0.2) is 0 Å². The molecule has 0 aromatic heterocycles. The summed E-state index contributed by atoms with van der Waals surface area (Å²) in [6.45, 7) is 5.15. The molecule has 2 aliphatic heterocycles. The van der Waals surface area contributed by atoms with Gasteiger partial charge in [-0.15, -0.1) is 0 Å². The Hall–Kier alpha value is -0.300. The highest BCUT2D eigenvalue weighted by atomic mass is 32.2. The minimum absolute atomic E-state index is 0.152. The molecule has 2 N–H and O–H groups in total. The van der Waals surface area contributed by atoms with Crippen molar-refractivity contribution in [1.29, 1.82) is 0 Å². The van der Waals surface area contributed by atoms with E-state index in [0.29, 0.717) is 6.42 Å². The lowest BCUT2D eigenvalue weighted by molar-refractivity contribution is -0.121. The van der Waals surface area contributed by atoms with E-state index in [0.717, 1.165) is 45.1 Å². The standard InChI is InChI=1S/C13H25N3O2S/c1-14-4-2-12(17)15-10-13(3-9-19-11-13)16-5-7-18-8-6-16/h14H,2-11H2,1H3,(H,15,17). The van der Waals surface area contributed by atoms with E-state index in [2.05, 4.69) is 15.5 Å². The molecule has 2 heterocycles. The van der Waals surface area contributed by atoms with Crippen LogP contribution in [0.25, 0.3) is 0 Å². The molecule has 2 aliphatic rings. The maximum absolute atomic E-state index is 11.8. The number of hydrogen-bond acceptors (Lipinski definition) is 5. The number of rotatable bonds is 6. The van der Waals surface area contributed by atoms with Gasteiger partial charge in [0.15, 0.2) is 0 Å². The summed E-state index contributed by atoms with van der Waals surface area (Å²) >= 11 is 2.00. The first-order valence-electron chi connectivity index (χ1n) is 7.09. The SMILES string of the molecule is CNCCC(=O)NCC1(N2CCOCC2)CCSC1. The minimum Gasteiger partial charge on any atom is -0.379 e. The molecule has 1 atom stereocenters. The van der Waals surface area contributed by atoms with Crippen LogP contribution in [0.4, 0.5) is 0 Å². The first kappa shape index (κ1) is 15.1. The van der Waals surface area contributed by atoms with Gasteiger partial charge in [-0.1, -0.05) is 0 Å². The molecule has 6 heteroatoms. The van der Waals surface area contributed by atoms with Crippen LogP contribution in [0.5, 0.6) is 0 Å². The Balaban J connectivity index is 1.86. The first-order chi connectivity index (χ1) is 9.27. The van der Waals surface area contributed by atoms with Crippen LogP contribution in [0.1, 0.15) is 12.8 Å². The van der Waals surface area contributed by atoms with Crippen LogP contribution in [0, 0.1) is 0 Å². The lowest BCUT2D eigenvalue weighted by Gasteiger charge is -2.43. The summed E-state index contributed by atoms with van der Waals surface area (Å²) in [6, 6.07) is 0. The average Bonchev–Trinajstić information content (AvgIpc) is 2.94. The Labute approximate surface area is 119 Å². The van der Waals surface area contributed by atoms with Gasteiger partial charge in [-0.2, -0.15) is 11.8 Å². The summed E-state index contributed by atoms with van der Waals surface area (Å²) in [7, 11) is 1.87. The van der Waals surface area contributed by atoms with Gasteiger partial charge in [0.05, 0.1) is 13.2 Å². The van der Waals surface area contributed by atoms with Gasteiger partial charge in [-0.25, -0.2) is 0 Å². The number of thioether (sulfide) groups is 1. The highest BCUT2D eigenvalue weighted by molar-refractivity contribution is 7.99. The van der Waals surface area contributed by atoms with E-state index in [4.69, 9.17) is 4.74 Å². The molecular formula is C13H25N3O2S. The minimum atomic E-state index is 0.152. The number of nitrogens with zero attached hydrogens (tertiary/aromatic N) is 1. The molecule has 1 amide bonds. The van der Waals surface area contributed by atoms with E-state index in [-0.39, 0.29) is 11.4 Å². The van der Waals surface area contributed by atoms with E-state index in [1.807, 2.05) is 18.8 Å². The molecule has 0 aromatic carbocycles. The third-order valence-corrected chi connectivity index (χ3v) is 5.22. The maximum atomic E-state index is 11.8. The monoisotopic (exact) mass is 287 g/mol. The highest BCUT2D eigenvalue weighted by Gasteiger charge is 2.40. The zero-order valence-corrected chi connectivity index (χ0v) is 12.6. The second-order valence-electron chi connectivity index (χ2n) is 5.26. The summed E-state index contributed by atoms with van der Waals surface area (Å²) in [5.74, 6) is 2.47. The molecule has 2 fully saturated rings. The summed E-state index contributed by atoms with van der Waals surface area (Å²) in [4.78, 5) is 14.3. The first-order valence-corrected chi connectivity index (χ1v) is 8.24. The van der Waals surface area contributed by atoms with Gasteiger partial charge in [0, 0.05) is 43.9 Å². The van der Waals surface area contributed by atoms with Gasteiger partial charge < -0.3 is 15.4 Å². The van der Waals surface area contributed by atoms with Crippen molar-refractivity contribution in [2.45, 2.75) is 18.4 Å². The number of carbonyl (C=O) groups excluding carboxylic acids is 1. The highest BCUT2D eigenvalue weighted by Crippen LogP contribution is 2.33. The molecule has 0 bridgehead atoms. The van der Waals surface area contributed by atoms with E-state index >= 15 is 0 Å². The predicted molar refractivity (Wildman–Crippen MR) is 78.6 cm³/mol. The average molecular weight is 287 g/mol. The zero-order valence-electron chi connectivity index (χ0n) is 11.7. The molecule has 1 unspecified atom stereocenters. The summed E-state index contributed by atoms with van der Waals surface area (Å²) in [5.41, 5.74) is 0.156. The van der Waals surface area contributed by atoms with Gasteiger partial charge in [0.2, 0.25) is 5.91 Å². The van der Waals surface area contributed by atoms with Gasteiger partial charge in [-0.3, -0.25) is 9.69 Å². The Morgan fingerprint density at radius 1 is 1.42 bits per heavy atom. The largest absolute Gasteiger partial charge is 0.379 e.